The van der Waals surface area contributed by atoms with Crippen LogP contribution in [0.4, 0.5) is 10.1 Å². The van der Waals surface area contributed by atoms with Crippen LogP contribution >= 0.6 is 0 Å². The van der Waals surface area contributed by atoms with Crippen LogP contribution in [0.15, 0.2) is 18.2 Å². The number of fused-ring (bicyclic) bond motifs is 1. The highest BCUT2D eigenvalue weighted by atomic mass is 19.1. The van der Waals surface area contributed by atoms with Crippen LogP contribution in [0.3, 0.4) is 0 Å². The van der Waals surface area contributed by atoms with Crippen molar-refractivity contribution in [2.75, 3.05) is 31.1 Å². The van der Waals surface area contributed by atoms with Crippen LogP contribution in [-0.2, 0) is 0 Å². The average molecular weight is 259 g/mol. The zero-order valence-corrected chi connectivity index (χ0v) is 11.0. The van der Waals surface area contributed by atoms with E-state index in [0.717, 1.165) is 26.1 Å². The first-order valence-corrected chi connectivity index (χ1v) is 6.96. The molecule has 0 aliphatic carbocycles. The smallest absolute Gasteiger partial charge is 0.147 e. The molecule has 2 aliphatic rings. The van der Waals surface area contributed by atoms with Gasteiger partial charge in [-0.05, 0) is 44.0 Å². The predicted molar refractivity (Wildman–Crippen MR) is 72.5 cm³/mol. The van der Waals surface area contributed by atoms with Gasteiger partial charge >= 0.3 is 0 Å². The summed E-state index contributed by atoms with van der Waals surface area (Å²) < 4.78 is 14.1. The maximum atomic E-state index is 14.1. The molecule has 2 aliphatic heterocycles. The van der Waals surface area contributed by atoms with E-state index in [0.29, 0.717) is 17.3 Å². The lowest BCUT2D eigenvalue weighted by molar-refractivity contribution is 0.273. The van der Waals surface area contributed by atoms with Crippen LogP contribution in [0, 0.1) is 17.1 Å². The molecule has 3 nitrogen and oxygen atoms in total. The fraction of sp³-hybridized carbons (Fsp3) is 0.533. The van der Waals surface area contributed by atoms with E-state index in [9.17, 15) is 4.39 Å². The molecule has 0 amide bonds. The minimum Gasteiger partial charge on any atom is -0.368 e. The molecule has 1 aromatic carbocycles. The lowest BCUT2D eigenvalue weighted by atomic mass is 10.1. The normalized spacial score (nSPS) is 23.8. The van der Waals surface area contributed by atoms with E-state index < -0.39 is 0 Å². The largest absolute Gasteiger partial charge is 0.368 e. The molecule has 100 valence electrons. The highest BCUT2D eigenvalue weighted by molar-refractivity contribution is 5.51. The van der Waals surface area contributed by atoms with E-state index in [1.165, 1.54) is 25.5 Å². The first kappa shape index (κ1) is 12.4. The highest BCUT2D eigenvalue weighted by Gasteiger charge is 2.29. The summed E-state index contributed by atoms with van der Waals surface area (Å²) in [6.07, 6.45) is 3.55. The molecule has 1 atom stereocenters. The Morgan fingerprint density at radius 2 is 2.05 bits per heavy atom. The summed E-state index contributed by atoms with van der Waals surface area (Å²) in [4.78, 5) is 4.67. The third-order valence-electron chi connectivity index (χ3n) is 4.22. The molecule has 2 heterocycles. The van der Waals surface area contributed by atoms with Crippen molar-refractivity contribution in [1.82, 2.24) is 4.90 Å². The van der Waals surface area contributed by atoms with Gasteiger partial charge in [-0.25, -0.2) is 4.39 Å². The summed E-state index contributed by atoms with van der Waals surface area (Å²) in [7, 11) is 0. The maximum Gasteiger partial charge on any atom is 0.147 e. The van der Waals surface area contributed by atoms with E-state index in [1.807, 2.05) is 6.07 Å². The van der Waals surface area contributed by atoms with Gasteiger partial charge in [0.1, 0.15) is 5.82 Å². The third kappa shape index (κ3) is 2.43. The SMILES string of the molecule is N#Cc1ccc(N2CCCN3CCCC3C2)c(F)c1. The predicted octanol–water partition coefficient (Wildman–Crippen LogP) is 2.37. The van der Waals surface area contributed by atoms with Crippen LogP contribution in [0.2, 0.25) is 0 Å². The second-order valence-corrected chi connectivity index (χ2v) is 5.41. The molecule has 0 bridgehead atoms. The van der Waals surface area contributed by atoms with Gasteiger partial charge in [-0.2, -0.15) is 5.26 Å². The Hall–Kier alpha value is -1.60. The summed E-state index contributed by atoms with van der Waals surface area (Å²) in [6, 6.07) is 7.34. The second-order valence-electron chi connectivity index (χ2n) is 5.41. The van der Waals surface area contributed by atoms with Gasteiger partial charge in [0.05, 0.1) is 17.3 Å². The fourth-order valence-corrected chi connectivity index (χ4v) is 3.26. The molecule has 1 aromatic rings. The minimum absolute atomic E-state index is 0.273. The van der Waals surface area contributed by atoms with Gasteiger partial charge in [-0.1, -0.05) is 0 Å². The standard InChI is InChI=1S/C15H18FN3/c16-14-9-12(10-17)4-5-15(14)19-8-2-7-18-6-1-3-13(18)11-19/h4-5,9,13H,1-3,6-8,11H2. The highest BCUT2D eigenvalue weighted by Crippen LogP contribution is 2.27. The van der Waals surface area contributed by atoms with Gasteiger partial charge in [-0.3, -0.25) is 4.90 Å². The molecule has 0 radical (unpaired) electrons. The Morgan fingerprint density at radius 1 is 1.21 bits per heavy atom. The van der Waals surface area contributed by atoms with Gasteiger partial charge in [0, 0.05) is 25.7 Å². The summed E-state index contributed by atoms with van der Waals surface area (Å²) in [5.41, 5.74) is 1.03. The molecule has 1 unspecified atom stereocenters. The summed E-state index contributed by atoms with van der Waals surface area (Å²) >= 11 is 0. The Kier molecular flexibility index (Phi) is 3.39. The lowest BCUT2D eigenvalue weighted by Gasteiger charge is -2.27. The quantitative estimate of drug-likeness (QED) is 0.775. The summed E-state index contributed by atoms with van der Waals surface area (Å²) in [6.45, 7) is 4.12. The number of benzene rings is 1. The topological polar surface area (TPSA) is 30.3 Å². The van der Waals surface area contributed by atoms with Gasteiger partial charge in [0.15, 0.2) is 0 Å². The average Bonchev–Trinajstić information content (AvgIpc) is 2.76. The number of hydrogen-bond donors (Lipinski definition) is 0. The Labute approximate surface area is 113 Å². The van der Waals surface area contributed by atoms with Crippen molar-refractivity contribution in [2.24, 2.45) is 0 Å². The molecule has 3 rings (SSSR count). The Bertz CT molecular complexity index is 509. The van der Waals surface area contributed by atoms with Crippen molar-refractivity contribution in [2.45, 2.75) is 25.3 Å². The number of nitriles is 1. The minimum atomic E-state index is -0.273. The van der Waals surface area contributed by atoms with Crippen LogP contribution in [0.25, 0.3) is 0 Å². The van der Waals surface area contributed by atoms with Gasteiger partial charge in [0.2, 0.25) is 0 Å². The number of hydrogen-bond acceptors (Lipinski definition) is 3. The van der Waals surface area contributed by atoms with Crippen molar-refractivity contribution in [3.8, 4) is 6.07 Å². The van der Waals surface area contributed by atoms with Crippen LogP contribution in [0.1, 0.15) is 24.8 Å². The van der Waals surface area contributed by atoms with E-state index in [2.05, 4.69) is 9.80 Å². The van der Waals surface area contributed by atoms with E-state index in [4.69, 9.17) is 5.26 Å². The number of halogens is 1. The van der Waals surface area contributed by atoms with E-state index in [1.54, 1.807) is 12.1 Å². The molecule has 4 heteroatoms. The molecular weight excluding hydrogens is 241 g/mol. The van der Waals surface area contributed by atoms with E-state index in [-0.39, 0.29) is 5.82 Å². The number of nitrogens with zero attached hydrogens (tertiary/aromatic N) is 3. The zero-order chi connectivity index (χ0) is 13.2. The van der Waals surface area contributed by atoms with Crippen molar-refractivity contribution in [3.63, 3.8) is 0 Å². The fourth-order valence-electron chi connectivity index (χ4n) is 3.26. The van der Waals surface area contributed by atoms with Crippen molar-refractivity contribution < 1.29 is 4.39 Å². The maximum absolute atomic E-state index is 14.1. The molecule has 0 spiro atoms. The zero-order valence-electron chi connectivity index (χ0n) is 11.0. The van der Waals surface area contributed by atoms with Crippen LogP contribution < -0.4 is 4.90 Å². The third-order valence-corrected chi connectivity index (χ3v) is 4.22. The first-order chi connectivity index (χ1) is 9.28. The molecule has 0 aromatic heterocycles. The van der Waals surface area contributed by atoms with Gasteiger partial charge in [0.25, 0.3) is 0 Å². The van der Waals surface area contributed by atoms with Gasteiger partial charge in [-0.15, -0.1) is 0 Å². The molecule has 19 heavy (non-hydrogen) atoms. The number of anilines is 1. The number of rotatable bonds is 1. The molecule has 0 saturated carbocycles. The van der Waals surface area contributed by atoms with E-state index >= 15 is 0 Å². The van der Waals surface area contributed by atoms with Crippen LogP contribution in [0.5, 0.6) is 0 Å². The van der Waals surface area contributed by atoms with Crippen molar-refractivity contribution >= 4 is 5.69 Å². The Morgan fingerprint density at radius 3 is 2.84 bits per heavy atom. The molecular formula is C15H18FN3. The molecule has 0 N–H and O–H groups in total. The van der Waals surface area contributed by atoms with Crippen molar-refractivity contribution in [1.29, 1.82) is 5.26 Å². The summed E-state index contributed by atoms with van der Waals surface area (Å²) in [5.74, 6) is -0.273. The summed E-state index contributed by atoms with van der Waals surface area (Å²) in [5, 5.41) is 8.79. The van der Waals surface area contributed by atoms with Crippen LogP contribution in [-0.4, -0.2) is 37.1 Å². The second kappa shape index (κ2) is 5.18. The van der Waals surface area contributed by atoms with Gasteiger partial charge < -0.3 is 4.90 Å². The Balaban J connectivity index is 1.83. The lowest BCUT2D eigenvalue weighted by Crippen LogP contribution is -2.36. The molecule has 2 fully saturated rings. The van der Waals surface area contributed by atoms with Crippen molar-refractivity contribution in [3.05, 3.63) is 29.6 Å². The molecule has 2 saturated heterocycles. The monoisotopic (exact) mass is 259 g/mol. The first-order valence-electron chi connectivity index (χ1n) is 6.96.